The molecule has 0 saturated heterocycles. The predicted molar refractivity (Wildman–Crippen MR) is 47.8 cm³/mol. The molecule has 0 fully saturated rings. The third kappa shape index (κ3) is 2.79. The van der Waals surface area contributed by atoms with Gasteiger partial charge < -0.3 is 0 Å². The number of carbonyl (C=O) groups excluding carboxylic acids is 1. The third-order valence-corrected chi connectivity index (χ3v) is 2.02. The summed E-state index contributed by atoms with van der Waals surface area (Å²) in [5.74, 6) is -5.62. The molecule has 0 saturated carbocycles. The molecule has 0 unspecified atom stereocenters. The summed E-state index contributed by atoms with van der Waals surface area (Å²) in [6.45, 7) is 0. The number of carbonyl (C=O) groups is 1. The number of nitro benzene ring substituents is 1. The Kier molecular flexibility index (Phi) is 3.63. The van der Waals surface area contributed by atoms with Crippen LogP contribution < -0.4 is 0 Å². The van der Waals surface area contributed by atoms with Crippen LogP contribution in [0.3, 0.4) is 0 Å². The lowest BCUT2D eigenvalue weighted by Gasteiger charge is -2.07. The smallest absolute Gasteiger partial charge is 0.289 e. The van der Waals surface area contributed by atoms with E-state index in [4.69, 9.17) is 0 Å². The van der Waals surface area contributed by atoms with Gasteiger partial charge in [-0.25, -0.2) is 4.39 Å². The van der Waals surface area contributed by atoms with Crippen molar-refractivity contribution in [2.75, 3.05) is 0 Å². The average molecular weight is 269 g/mol. The molecular weight excluding hydrogens is 265 g/mol. The van der Waals surface area contributed by atoms with Gasteiger partial charge in [-0.15, -0.1) is 0 Å². The van der Waals surface area contributed by atoms with Crippen LogP contribution in [0.2, 0.25) is 0 Å². The molecule has 1 rings (SSSR count). The highest BCUT2D eigenvalue weighted by molar-refractivity contribution is 5.86. The molecular formula is C9H4F5NO3. The number of nitro groups is 1. The van der Waals surface area contributed by atoms with E-state index in [1.807, 2.05) is 0 Å². The average Bonchev–Trinajstić information content (AvgIpc) is 2.21. The minimum atomic E-state index is -5.26. The zero-order chi connectivity index (χ0) is 14.1. The van der Waals surface area contributed by atoms with Gasteiger partial charge in [0.1, 0.15) is 5.82 Å². The molecule has 0 N–H and O–H groups in total. The molecule has 0 aliphatic carbocycles. The molecule has 0 radical (unpaired) electrons. The number of alkyl halides is 3. The van der Waals surface area contributed by atoms with Gasteiger partial charge in [-0.1, -0.05) is 0 Å². The third-order valence-electron chi connectivity index (χ3n) is 2.02. The fourth-order valence-electron chi connectivity index (χ4n) is 1.15. The topological polar surface area (TPSA) is 60.2 Å². The van der Waals surface area contributed by atoms with Crippen LogP contribution in [0.4, 0.5) is 27.6 Å². The normalized spacial score (nSPS) is 11.4. The number of benzene rings is 1. The molecule has 1 aromatic rings. The Labute approximate surface area is 96.2 Å². The van der Waals surface area contributed by atoms with Gasteiger partial charge >= 0.3 is 11.9 Å². The van der Waals surface area contributed by atoms with Gasteiger partial charge in [0.25, 0.3) is 0 Å². The summed E-state index contributed by atoms with van der Waals surface area (Å²) < 4.78 is 62.2. The highest BCUT2D eigenvalue weighted by atomic mass is 19.4. The second kappa shape index (κ2) is 4.67. The van der Waals surface area contributed by atoms with Crippen molar-refractivity contribution in [1.29, 1.82) is 0 Å². The van der Waals surface area contributed by atoms with Gasteiger partial charge in [-0.3, -0.25) is 14.9 Å². The minimum Gasteiger partial charge on any atom is -0.289 e. The summed E-state index contributed by atoms with van der Waals surface area (Å²) in [7, 11) is 0. The standard InChI is InChI=1S/C9H4F5NO3/c10-5-1-2-6(15(17)18)8(11)4(5)3-7(16)9(12,13)14/h1-2H,3H2. The molecule has 0 aliphatic rings. The number of hydrogen-bond acceptors (Lipinski definition) is 3. The highest BCUT2D eigenvalue weighted by Gasteiger charge is 2.39. The first kappa shape index (κ1) is 14.0. The Morgan fingerprint density at radius 3 is 2.28 bits per heavy atom. The second-order valence-corrected chi connectivity index (χ2v) is 3.21. The van der Waals surface area contributed by atoms with Gasteiger partial charge in [0.15, 0.2) is 0 Å². The summed E-state index contributed by atoms with van der Waals surface area (Å²) in [6, 6.07) is 0.895. The van der Waals surface area contributed by atoms with Crippen molar-refractivity contribution >= 4 is 11.5 Å². The van der Waals surface area contributed by atoms with Gasteiger partial charge in [0.2, 0.25) is 11.6 Å². The van der Waals surface area contributed by atoms with E-state index in [1.54, 1.807) is 0 Å². The zero-order valence-corrected chi connectivity index (χ0v) is 8.42. The van der Waals surface area contributed by atoms with Crippen LogP contribution >= 0.6 is 0 Å². The highest BCUT2D eigenvalue weighted by Crippen LogP contribution is 2.26. The molecule has 18 heavy (non-hydrogen) atoms. The van der Waals surface area contributed by atoms with E-state index in [-0.39, 0.29) is 0 Å². The van der Waals surface area contributed by atoms with Crippen molar-refractivity contribution in [3.63, 3.8) is 0 Å². The first-order chi connectivity index (χ1) is 8.14. The summed E-state index contributed by atoms with van der Waals surface area (Å²) in [6.07, 6.45) is -6.88. The Bertz CT molecular complexity index is 512. The predicted octanol–water partition coefficient (Wildman–Crippen LogP) is 2.55. The van der Waals surface area contributed by atoms with Gasteiger partial charge in [0.05, 0.1) is 4.92 Å². The number of ketones is 1. The van der Waals surface area contributed by atoms with E-state index in [0.29, 0.717) is 12.1 Å². The Hall–Kier alpha value is -2.06. The molecule has 9 heteroatoms. The van der Waals surface area contributed by atoms with Crippen LogP contribution in [0.5, 0.6) is 0 Å². The Balaban J connectivity index is 3.21. The van der Waals surface area contributed by atoms with Crippen molar-refractivity contribution in [3.05, 3.63) is 39.4 Å². The Morgan fingerprint density at radius 2 is 1.83 bits per heavy atom. The lowest BCUT2D eigenvalue weighted by molar-refractivity contribution is -0.387. The molecule has 0 atom stereocenters. The van der Waals surface area contributed by atoms with Crippen LogP contribution in [-0.2, 0) is 11.2 Å². The van der Waals surface area contributed by atoms with Crippen molar-refractivity contribution in [3.8, 4) is 0 Å². The van der Waals surface area contributed by atoms with Crippen LogP contribution in [0.1, 0.15) is 5.56 Å². The largest absolute Gasteiger partial charge is 0.450 e. The van der Waals surface area contributed by atoms with Gasteiger partial charge in [-0.05, 0) is 6.07 Å². The van der Waals surface area contributed by atoms with E-state index in [9.17, 15) is 36.9 Å². The molecule has 0 heterocycles. The van der Waals surface area contributed by atoms with E-state index < -0.39 is 46.2 Å². The molecule has 0 spiro atoms. The minimum absolute atomic E-state index is 0.431. The molecule has 0 bridgehead atoms. The van der Waals surface area contributed by atoms with E-state index in [0.717, 1.165) is 0 Å². The maximum absolute atomic E-state index is 13.3. The fourth-order valence-corrected chi connectivity index (χ4v) is 1.15. The maximum Gasteiger partial charge on any atom is 0.450 e. The quantitative estimate of drug-likeness (QED) is 0.481. The van der Waals surface area contributed by atoms with Crippen LogP contribution in [0.25, 0.3) is 0 Å². The monoisotopic (exact) mass is 269 g/mol. The van der Waals surface area contributed by atoms with E-state index in [2.05, 4.69) is 0 Å². The Morgan fingerprint density at radius 1 is 1.28 bits per heavy atom. The molecule has 4 nitrogen and oxygen atoms in total. The summed E-state index contributed by atoms with van der Waals surface area (Å²) >= 11 is 0. The SMILES string of the molecule is O=C(Cc1c(F)ccc([N+](=O)[O-])c1F)C(F)(F)F. The maximum atomic E-state index is 13.3. The van der Waals surface area contributed by atoms with Gasteiger partial charge in [0, 0.05) is 18.1 Å². The lowest BCUT2D eigenvalue weighted by Crippen LogP contribution is -2.25. The molecule has 1 aromatic carbocycles. The molecule has 0 aromatic heterocycles. The first-order valence-corrected chi connectivity index (χ1v) is 4.36. The summed E-state index contributed by atoms with van der Waals surface area (Å²) in [5.41, 5.74) is -2.46. The van der Waals surface area contributed by atoms with Crippen molar-refractivity contribution in [2.45, 2.75) is 12.6 Å². The number of nitrogens with zero attached hydrogens (tertiary/aromatic N) is 1. The summed E-state index contributed by atoms with van der Waals surface area (Å²) in [4.78, 5) is 19.7. The number of hydrogen-bond donors (Lipinski definition) is 0. The first-order valence-electron chi connectivity index (χ1n) is 4.36. The van der Waals surface area contributed by atoms with Crippen molar-refractivity contribution < 1.29 is 31.7 Å². The van der Waals surface area contributed by atoms with Crippen LogP contribution in [0.15, 0.2) is 12.1 Å². The van der Waals surface area contributed by atoms with Crippen molar-refractivity contribution in [2.24, 2.45) is 0 Å². The number of rotatable bonds is 3. The van der Waals surface area contributed by atoms with E-state index in [1.165, 1.54) is 0 Å². The van der Waals surface area contributed by atoms with Gasteiger partial charge in [-0.2, -0.15) is 17.6 Å². The lowest BCUT2D eigenvalue weighted by atomic mass is 10.1. The molecule has 0 aliphatic heterocycles. The molecule has 98 valence electrons. The summed E-state index contributed by atoms with van der Waals surface area (Å²) in [5, 5.41) is 10.3. The van der Waals surface area contributed by atoms with Crippen LogP contribution in [0, 0.1) is 21.7 Å². The van der Waals surface area contributed by atoms with Crippen LogP contribution in [-0.4, -0.2) is 16.9 Å². The number of halogens is 5. The fraction of sp³-hybridized carbons (Fsp3) is 0.222. The number of Topliss-reactive ketones (excluding diaryl/α,β-unsaturated/α-hetero) is 1. The zero-order valence-electron chi connectivity index (χ0n) is 8.42. The molecule has 0 amide bonds. The second-order valence-electron chi connectivity index (χ2n) is 3.21. The van der Waals surface area contributed by atoms with E-state index >= 15 is 0 Å². The van der Waals surface area contributed by atoms with Crippen molar-refractivity contribution in [1.82, 2.24) is 0 Å².